The van der Waals surface area contributed by atoms with Crippen molar-refractivity contribution in [3.05, 3.63) is 78.1 Å². The predicted octanol–water partition coefficient (Wildman–Crippen LogP) is 2.64. The molecule has 1 aromatic carbocycles. The zero-order chi connectivity index (χ0) is 23.4. The number of halogens is 1. The van der Waals surface area contributed by atoms with Crippen molar-refractivity contribution in [1.29, 1.82) is 0 Å². The monoisotopic (exact) mass is 450 g/mol. The summed E-state index contributed by atoms with van der Waals surface area (Å²) >= 11 is 0. The summed E-state index contributed by atoms with van der Waals surface area (Å²) in [4.78, 5) is 32.0. The molecule has 2 aromatic heterocycles. The van der Waals surface area contributed by atoms with E-state index in [0.717, 1.165) is 11.1 Å². The molecular formula is C24H27FN6O2. The fourth-order valence-electron chi connectivity index (χ4n) is 4.00. The summed E-state index contributed by atoms with van der Waals surface area (Å²) in [6.07, 6.45) is 3.33. The number of nitrogens with one attached hydrogen (secondary N) is 1. The molecule has 0 saturated carbocycles. The number of hydrogen-bond donors (Lipinski definition) is 1. The van der Waals surface area contributed by atoms with E-state index >= 15 is 0 Å². The molecule has 1 aliphatic heterocycles. The van der Waals surface area contributed by atoms with E-state index in [1.165, 1.54) is 22.1 Å². The van der Waals surface area contributed by atoms with Gasteiger partial charge in [0.1, 0.15) is 31.4 Å². The van der Waals surface area contributed by atoms with Gasteiger partial charge in [-0.15, -0.1) is 10.2 Å². The number of carbonyl (C=O) groups is 2. The van der Waals surface area contributed by atoms with Gasteiger partial charge in [0, 0.05) is 12.6 Å². The number of nitrogens with zero attached hydrogens (tertiary/aromatic N) is 5. The highest BCUT2D eigenvalue weighted by Gasteiger charge is 2.40. The van der Waals surface area contributed by atoms with Crippen molar-refractivity contribution in [2.75, 3.05) is 6.54 Å². The Hall–Kier alpha value is -3.62. The molecule has 1 fully saturated rings. The summed E-state index contributed by atoms with van der Waals surface area (Å²) < 4.78 is 15.8. The average Bonchev–Trinajstić information content (AvgIpc) is 3.47. The molecule has 0 spiro atoms. The van der Waals surface area contributed by atoms with Crippen LogP contribution in [0.2, 0.25) is 0 Å². The molecule has 8 nitrogen and oxygen atoms in total. The third-order valence-electron chi connectivity index (χ3n) is 5.85. The first kappa shape index (κ1) is 22.6. The van der Waals surface area contributed by atoms with Crippen molar-refractivity contribution in [2.24, 2.45) is 0 Å². The van der Waals surface area contributed by atoms with E-state index in [4.69, 9.17) is 0 Å². The fraction of sp³-hybridized carbons (Fsp3) is 0.375. The molecule has 1 N–H and O–H groups in total. The van der Waals surface area contributed by atoms with Crippen LogP contribution in [0.4, 0.5) is 4.39 Å². The fourth-order valence-corrected chi connectivity index (χ4v) is 4.00. The van der Waals surface area contributed by atoms with Crippen molar-refractivity contribution in [3.63, 3.8) is 0 Å². The quantitative estimate of drug-likeness (QED) is 0.597. The lowest BCUT2D eigenvalue weighted by molar-refractivity contribution is -0.139. The summed E-state index contributed by atoms with van der Waals surface area (Å²) in [5.41, 5.74) is 2.63. The normalized spacial score (nSPS) is 19.0. The van der Waals surface area contributed by atoms with Crippen LogP contribution in [0, 0.1) is 0 Å². The number of benzene rings is 1. The van der Waals surface area contributed by atoms with Crippen LogP contribution < -0.4 is 5.32 Å². The van der Waals surface area contributed by atoms with Gasteiger partial charge in [-0.3, -0.25) is 14.6 Å². The second-order valence-electron chi connectivity index (χ2n) is 8.55. The summed E-state index contributed by atoms with van der Waals surface area (Å²) in [5.74, 6) is -0.428. The van der Waals surface area contributed by atoms with Crippen molar-refractivity contribution in [1.82, 2.24) is 30.0 Å². The smallest absolute Gasteiger partial charge is 0.243 e. The Morgan fingerprint density at radius 2 is 1.82 bits per heavy atom. The number of likely N-dealkylation sites (tertiary alicyclic amines) is 1. The topological polar surface area (TPSA) is 93.0 Å². The first-order valence-corrected chi connectivity index (χ1v) is 11.0. The minimum Gasteiger partial charge on any atom is -0.342 e. The van der Waals surface area contributed by atoms with Gasteiger partial charge in [-0.05, 0) is 23.1 Å². The molecule has 0 bridgehead atoms. The number of carbonyl (C=O) groups excluding carboxylic acids is 2. The van der Waals surface area contributed by atoms with Gasteiger partial charge in [-0.25, -0.2) is 4.39 Å². The number of alkyl halides is 1. The van der Waals surface area contributed by atoms with Crippen LogP contribution in [0.15, 0.2) is 61.3 Å². The van der Waals surface area contributed by atoms with Gasteiger partial charge in [-0.2, -0.15) is 0 Å². The Morgan fingerprint density at radius 3 is 2.45 bits per heavy atom. The standard InChI is InChI=1S/C24H27FN6O2/c1-16(2)18-8-9-20(26-11-18)23(17-6-4-3-5-7-17)29-24(33)21-10-19(25)12-31(21)22(32)13-30-14-27-28-15-30/h3-9,11,14-16,19,21,23H,10,12-13H2,1-2H3,(H,29,33)/t19-,21+,23+/m1/s1. The van der Waals surface area contributed by atoms with Crippen LogP contribution in [-0.4, -0.2) is 55.2 Å². The van der Waals surface area contributed by atoms with Crippen LogP contribution >= 0.6 is 0 Å². The van der Waals surface area contributed by atoms with E-state index in [0.29, 0.717) is 11.6 Å². The second kappa shape index (κ2) is 9.89. The van der Waals surface area contributed by atoms with Crippen molar-refractivity contribution < 1.29 is 14.0 Å². The first-order valence-electron chi connectivity index (χ1n) is 11.0. The largest absolute Gasteiger partial charge is 0.342 e. The highest BCUT2D eigenvalue weighted by atomic mass is 19.1. The van der Waals surface area contributed by atoms with Gasteiger partial charge >= 0.3 is 0 Å². The molecule has 0 radical (unpaired) electrons. The number of pyridine rings is 1. The SMILES string of the molecule is CC(C)c1ccc([C@@H](NC(=O)[C@@H]2C[C@@H](F)CN2C(=O)Cn2cnnc2)c2ccccc2)nc1. The minimum absolute atomic E-state index is 0.0407. The second-order valence-corrected chi connectivity index (χ2v) is 8.55. The van der Waals surface area contributed by atoms with E-state index in [9.17, 15) is 14.0 Å². The van der Waals surface area contributed by atoms with E-state index in [1.54, 1.807) is 0 Å². The molecule has 3 atom stereocenters. The Bertz CT molecular complexity index is 1070. The lowest BCUT2D eigenvalue weighted by atomic mass is 10.00. The van der Waals surface area contributed by atoms with Crippen LogP contribution in [0.3, 0.4) is 0 Å². The van der Waals surface area contributed by atoms with Gasteiger partial charge in [0.2, 0.25) is 11.8 Å². The number of aromatic nitrogens is 4. The average molecular weight is 451 g/mol. The van der Waals surface area contributed by atoms with Crippen molar-refractivity contribution >= 4 is 11.8 Å². The van der Waals surface area contributed by atoms with E-state index < -0.39 is 24.2 Å². The van der Waals surface area contributed by atoms with Crippen LogP contribution in [0.5, 0.6) is 0 Å². The van der Waals surface area contributed by atoms with E-state index in [2.05, 4.69) is 34.3 Å². The van der Waals surface area contributed by atoms with Gasteiger partial charge < -0.3 is 14.8 Å². The van der Waals surface area contributed by atoms with Gasteiger partial charge in [0.25, 0.3) is 0 Å². The summed E-state index contributed by atoms with van der Waals surface area (Å²) in [6, 6.07) is 12.0. The van der Waals surface area contributed by atoms with Gasteiger partial charge in [0.05, 0.1) is 18.3 Å². The van der Waals surface area contributed by atoms with E-state index in [1.807, 2.05) is 48.7 Å². The zero-order valence-corrected chi connectivity index (χ0v) is 18.6. The molecule has 0 aliphatic carbocycles. The molecule has 2 amide bonds. The van der Waals surface area contributed by atoms with Gasteiger partial charge in [-0.1, -0.05) is 50.2 Å². The maximum atomic E-state index is 14.3. The molecule has 3 heterocycles. The van der Waals surface area contributed by atoms with Crippen LogP contribution in [0.1, 0.15) is 49.0 Å². The zero-order valence-electron chi connectivity index (χ0n) is 18.6. The molecule has 9 heteroatoms. The molecule has 3 aromatic rings. The van der Waals surface area contributed by atoms with Crippen LogP contribution in [-0.2, 0) is 16.1 Å². The lowest BCUT2D eigenvalue weighted by Crippen LogP contribution is -2.48. The summed E-state index contributed by atoms with van der Waals surface area (Å²) in [5, 5.41) is 10.4. The highest BCUT2D eigenvalue weighted by Crippen LogP contribution is 2.26. The number of amides is 2. The number of rotatable bonds is 7. The maximum Gasteiger partial charge on any atom is 0.243 e. The Kier molecular flexibility index (Phi) is 6.76. The predicted molar refractivity (Wildman–Crippen MR) is 120 cm³/mol. The molecule has 1 aliphatic rings. The van der Waals surface area contributed by atoms with Gasteiger partial charge in [0.15, 0.2) is 0 Å². The molecule has 172 valence electrons. The van der Waals surface area contributed by atoms with Crippen molar-refractivity contribution in [3.8, 4) is 0 Å². The Labute approximate surface area is 191 Å². The molecule has 4 rings (SSSR count). The minimum atomic E-state index is -1.26. The van der Waals surface area contributed by atoms with E-state index in [-0.39, 0.29) is 25.4 Å². The highest BCUT2D eigenvalue weighted by molar-refractivity contribution is 5.88. The molecule has 1 saturated heterocycles. The lowest BCUT2D eigenvalue weighted by Gasteiger charge is -2.26. The first-order chi connectivity index (χ1) is 15.9. The Morgan fingerprint density at radius 1 is 1.09 bits per heavy atom. The number of hydrogen-bond acceptors (Lipinski definition) is 5. The molecule has 33 heavy (non-hydrogen) atoms. The third kappa shape index (κ3) is 5.24. The van der Waals surface area contributed by atoms with Crippen molar-refractivity contribution in [2.45, 2.75) is 51.0 Å². The summed E-state index contributed by atoms with van der Waals surface area (Å²) in [6.45, 7) is 4.01. The van der Waals surface area contributed by atoms with Crippen LogP contribution in [0.25, 0.3) is 0 Å². The maximum absolute atomic E-state index is 14.3. The third-order valence-corrected chi connectivity index (χ3v) is 5.85. The molecular weight excluding hydrogens is 423 g/mol. The summed E-state index contributed by atoms with van der Waals surface area (Å²) in [7, 11) is 0. The Balaban J connectivity index is 1.56. The molecule has 0 unspecified atom stereocenters.